The number of aromatic hydroxyl groups is 2. The second kappa shape index (κ2) is 4.94. The number of halogens is 1. The van der Waals surface area contributed by atoms with Crippen molar-refractivity contribution in [3.8, 4) is 11.5 Å². The van der Waals surface area contributed by atoms with E-state index in [-0.39, 0.29) is 11.5 Å². The second-order valence-corrected chi connectivity index (χ2v) is 2.94. The summed E-state index contributed by atoms with van der Waals surface area (Å²) < 4.78 is 4.73. The van der Waals surface area contributed by atoms with E-state index in [2.05, 4.69) is 0 Å². The molecule has 0 radical (unpaired) electrons. The van der Waals surface area contributed by atoms with E-state index >= 15 is 0 Å². The number of epoxide rings is 1. The van der Waals surface area contributed by atoms with Crippen molar-refractivity contribution in [2.45, 2.75) is 6.10 Å². The molecule has 1 aliphatic rings. The number of phenolic OH excluding ortho intramolecular Hbond substituents is 2. The van der Waals surface area contributed by atoms with Gasteiger partial charge in [-0.15, -0.1) is 11.6 Å². The lowest BCUT2D eigenvalue weighted by molar-refractivity contribution is 0.425. The SMILES string of the molecule is ClCC1CO1.Oc1cccc(O)c1. The quantitative estimate of drug-likeness (QED) is 0.539. The monoisotopic (exact) mass is 202 g/mol. The van der Waals surface area contributed by atoms with Gasteiger partial charge in [0.2, 0.25) is 0 Å². The number of hydrogen-bond acceptors (Lipinski definition) is 3. The molecule has 1 aromatic carbocycles. The largest absolute Gasteiger partial charge is 0.508 e. The first kappa shape index (κ1) is 10.2. The van der Waals surface area contributed by atoms with E-state index in [1.807, 2.05) is 0 Å². The smallest absolute Gasteiger partial charge is 0.119 e. The Morgan fingerprint density at radius 3 is 2.08 bits per heavy atom. The summed E-state index contributed by atoms with van der Waals surface area (Å²) in [5, 5.41) is 17.3. The van der Waals surface area contributed by atoms with Crippen molar-refractivity contribution >= 4 is 11.6 Å². The molecule has 1 aromatic rings. The molecule has 2 rings (SSSR count). The fraction of sp³-hybridized carbons (Fsp3) is 0.333. The Morgan fingerprint density at radius 1 is 1.38 bits per heavy atom. The van der Waals surface area contributed by atoms with Gasteiger partial charge in [-0.2, -0.15) is 0 Å². The van der Waals surface area contributed by atoms with Crippen molar-refractivity contribution in [3.63, 3.8) is 0 Å². The molecule has 1 fully saturated rings. The van der Waals surface area contributed by atoms with Crippen molar-refractivity contribution in [3.05, 3.63) is 24.3 Å². The van der Waals surface area contributed by atoms with Gasteiger partial charge in [-0.1, -0.05) is 6.07 Å². The Kier molecular flexibility index (Phi) is 3.86. The Labute approximate surface area is 81.5 Å². The molecule has 4 heteroatoms. The third-order valence-corrected chi connectivity index (χ3v) is 1.75. The van der Waals surface area contributed by atoms with Crippen LogP contribution < -0.4 is 0 Å². The minimum atomic E-state index is 0.0880. The van der Waals surface area contributed by atoms with Crippen LogP contribution in [0, 0.1) is 0 Å². The molecule has 1 heterocycles. The topological polar surface area (TPSA) is 53.0 Å². The lowest BCUT2D eigenvalue weighted by Crippen LogP contribution is -1.80. The van der Waals surface area contributed by atoms with Crippen molar-refractivity contribution < 1.29 is 14.9 Å². The van der Waals surface area contributed by atoms with Crippen molar-refractivity contribution in [1.29, 1.82) is 0 Å². The molecule has 2 N–H and O–H groups in total. The molecule has 0 amide bonds. The van der Waals surface area contributed by atoms with E-state index in [1.165, 1.54) is 18.2 Å². The maximum atomic E-state index is 8.65. The highest BCUT2D eigenvalue weighted by atomic mass is 35.5. The molecular formula is C9H11ClO3. The molecule has 0 spiro atoms. The number of alkyl halides is 1. The summed E-state index contributed by atoms with van der Waals surface area (Å²) in [5.74, 6) is 0.843. The first-order valence-electron chi connectivity index (χ1n) is 3.88. The summed E-state index contributed by atoms with van der Waals surface area (Å²) in [4.78, 5) is 0. The van der Waals surface area contributed by atoms with Crippen LogP contribution in [0.2, 0.25) is 0 Å². The summed E-state index contributed by atoms with van der Waals surface area (Å²) >= 11 is 5.27. The van der Waals surface area contributed by atoms with Crippen LogP contribution in [0.25, 0.3) is 0 Å². The third kappa shape index (κ3) is 4.60. The average Bonchev–Trinajstić information content (AvgIpc) is 2.87. The van der Waals surface area contributed by atoms with Gasteiger partial charge < -0.3 is 14.9 Å². The second-order valence-electron chi connectivity index (χ2n) is 2.63. The van der Waals surface area contributed by atoms with Crippen molar-refractivity contribution in [2.24, 2.45) is 0 Å². The molecule has 1 aliphatic heterocycles. The van der Waals surface area contributed by atoms with E-state index in [4.69, 9.17) is 26.6 Å². The third-order valence-electron chi connectivity index (χ3n) is 1.40. The normalized spacial score (nSPS) is 18.7. The van der Waals surface area contributed by atoms with E-state index in [0.717, 1.165) is 6.61 Å². The summed E-state index contributed by atoms with van der Waals surface area (Å²) in [6, 6.07) is 5.85. The van der Waals surface area contributed by atoms with Gasteiger partial charge >= 0.3 is 0 Å². The van der Waals surface area contributed by atoms with E-state index in [1.54, 1.807) is 6.07 Å². The molecule has 0 bridgehead atoms. The van der Waals surface area contributed by atoms with E-state index < -0.39 is 0 Å². The Hall–Kier alpha value is -0.930. The number of rotatable bonds is 1. The zero-order valence-electron chi connectivity index (χ0n) is 6.98. The van der Waals surface area contributed by atoms with Crippen LogP contribution in [0.5, 0.6) is 11.5 Å². The highest BCUT2D eigenvalue weighted by Gasteiger charge is 2.19. The summed E-state index contributed by atoms with van der Waals surface area (Å²) in [6.07, 6.45) is 0.400. The summed E-state index contributed by atoms with van der Waals surface area (Å²) in [6.45, 7) is 0.878. The van der Waals surface area contributed by atoms with Gasteiger partial charge in [0.25, 0.3) is 0 Å². The van der Waals surface area contributed by atoms with Crippen LogP contribution in [0.3, 0.4) is 0 Å². The molecule has 1 atom stereocenters. The van der Waals surface area contributed by atoms with Crippen LogP contribution in [-0.2, 0) is 4.74 Å². The maximum absolute atomic E-state index is 8.65. The molecular weight excluding hydrogens is 192 g/mol. The van der Waals surface area contributed by atoms with Crippen LogP contribution >= 0.6 is 11.6 Å². The van der Waals surface area contributed by atoms with Crippen LogP contribution in [0.1, 0.15) is 0 Å². The Bertz CT molecular complexity index is 244. The lowest BCUT2D eigenvalue weighted by atomic mass is 10.3. The molecule has 0 saturated carbocycles. The predicted molar refractivity (Wildman–Crippen MR) is 50.2 cm³/mol. The van der Waals surface area contributed by atoms with Gasteiger partial charge in [-0.05, 0) is 12.1 Å². The van der Waals surface area contributed by atoms with Crippen LogP contribution in [0.4, 0.5) is 0 Å². The van der Waals surface area contributed by atoms with Crippen molar-refractivity contribution in [2.75, 3.05) is 12.5 Å². The molecule has 1 unspecified atom stereocenters. The van der Waals surface area contributed by atoms with E-state index in [9.17, 15) is 0 Å². The first-order valence-corrected chi connectivity index (χ1v) is 4.41. The van der Waals surface area contributed by atoms with Gasteiger partial charge in [0.1, 0.15) is 11.5 Å². The first-order chi connectivity index (χ1) is 6.22. The predicted octanol–water partition coefficient (Wildman–Crippen LogP) is 1.72. The summed E-state index contributed by atoms with van der Waals surface area (Å²) in [7, 11) is 0. The highest BCUT2D eigenvalue weighted by molar-refractivity contribution is 6.18. The zero-order chi connectivity index (χ0) is 9.68. The summed E-state index contributed by atoms with van der Waals surface area (Å²) in [5.41, 5.74) is 0. The van der Waals surface area contributed by atoms with Gasteiger partial charge in [0.15, 0.2) is 0 Å². The number of hydrogen-bond donors (Lipinski definition) is 2. The Balaban J connectivity index is 0.000000145. The molecule has 1 saturated heterocycles. The zero-order valence-corrected chi connectivity index (χ0v) is 7.74. The fourth-order valence-electron chi connectivity index (χ4n) is 0.650. The van der Waals surface area contributed by atoms with Crippen molar-refractivity contribution in [1.82, 2.24) is 0 Å². The highest BCUT2D eigenvalue weighted by Crippen LogP contribution is 2.14. The maximum Gasteiger partial charge on any atom is 0.119 e. The van der Waals surface area contributed by atoms with Gasteiger partial charge in [0, 0.05) is 6.07 Å². The number of benzene rings is 1. The Morgan fingerprint density at radius 2 is 1.92 bits per heavy atom. The molecule has 0 aliphatic carbocycles. The molecule has 3 nitrogen and oxygen atoms in total. The minimum absolute atomic E-state index is 0.0880. The van der Waals surface area contributed by atoms with Gasteiger partial charge in [-0.3, -0.25) is 0 Å². The van der Waals surface area contributed by atoms with E-state index in [0.29, 0.717) is 12.0 Å². The molecule has 13 heavy (non-hydrogen) atoms. The molecule has 72 valence electrons. The fourth-order valence-corrected chi connectivity index (χ4v) is 0.828. The standard InChI is InChI=1S/C6H6O2.C3H5ClO/c7-5-2-1-3-6(8)4-5;4-1-3-2-5-3/h1-4,7-8H;3H,1-2H2. The average molecular weight is 203 g/mol. The minimum Gasteiger partial charge on any atom is -0.508 e. The van der Waals surface area contributed by atoms with Crippen LogP contribution in [-0.4, -0.2) is 28.8 Å². The van der Waals surface area contributed by atoms with Gasteiger partial charge in [0.05, 0.1) is 18.6 Å². The van der Waals surface area contributed by atoms with Gasteiger partial charge in [-0.25, -0.2) is 0 Å². The number of ether oxygens (including phenoxy) is 1. The lowest BCUT2D eigenvalue weighted by Gasteiger charge is -1.89. The number of phenols is 2. The molecule has 0 aromatic heterocycles. The van der Waals surface area contributed by atoms with Crippen LogP contribution in [0.15, 0.2) is 24.3 Å².